The minimum atomic E-state index is -0.363. The average Bonchev–Trinajstić information content (AvgIpc) is 2.97. The van der Waals surface area contributed by atoms with Crippen molar-refractivity contribution in [2.75, 3.05) is 10.6 Å². The zero-order chi connectivity index (χ0) is 19.6. The summed E-state index contributed by atoms with van der Waals surface area (Å²) in [7, 11) is 0. The van der Waals surface area contributed by atoms with E-state index in [0.29, 0.717) is 27.2 Å². The number of hydrogen-bond donors (Lipinski definition) is 2. The van der Waals surface area contributed by atoms with Crippen molar-refractivity contribution in [2.45, 2.75) is 46.5 Å². The maximum atomic E-state index is 12.4. The van der Waals surface area contributed by atoms with Gasteiger partial charge in [0, 0.05) is 15.6 Å². The Bertz CT molecular complexity index is 897. The summed E-state index contributed by atoms with van der Waals surface area (Å²) in [6.45, 7) is 6.87. The van der Waals surface area contributed by atoms with Crippen LogP contribution in [0.1, 0.15) is 49.6 Å². The number of nitrogens with one attached hydrogen (secondary N) is 2. The Morgan fingerprint density at radius 2 is 2.19 bits per heavy atom. The summed E-state index contributed by atoms with van der Waals surface area (Å²) < 4.78 is 0. The second-order valence-corrected chi connectivity index (χ2v) is 9.23. The lowest BCUT2D eigenvalue weighted by atomic mass is 9.69. The van der Waals surface area contributed by atoms with Gasteiger partial charge in [-0.15, -0.1) is 11.3 Å². The van der Waals surface area contributed by atoms with Crippen molar-refractivity contribution in [2.24, 2.45) is 11.3 Å². The van der Waals surface area contributed by atoms with Gasteiger partial charge in [0.05, 0.1) is 5.56 Å². The Labute approximate surface area is 169 Å². The molecule has 0 bridgehead atoms. The summed E-state index contributed by atoms with van der Waals surface area (Å²) >= 11 is 7.49. The quantitative estimate of drug-likeness (QED) is 0.617. The van der Waals surface area contributed by atoms with E-state index in [1.807, 2.05) is 0 Å². The minimum Gasteiger partial charge on any atom is -0.308 e. The highest BCUT2D eigenvalue weighted by molar-refractivity contribution is 7.16. The van der Waals surface area contributed by atoms with Crippen LogP contribution < -0.4 is 10.6 Å². The monoisotopic (exact) mass is 401 g/mol. The van der Waals surface area contributed by atoms with E-state index in [9.17, 15) is 10.1 Å². The number of benzene rings is 1. The van der Waals surface area contributed by atoms with Gasteiger partial charge in [-0.2, -0.15) is 5.26 Å². The number of rotatable bonds is 4. The molecule has 1 aliphatic carbocycles. The molecule has 0 fully saturated rings. The largest absolute Gasteiger partial charge is 0.324 e. The number of urea groups is 1. The van der Waals surface area contributed by atoms with Crippen LogP contribution in [0.25, 0.3) is 0 Å². The number of carbonyl (C=O) groups excluding carboxylic acids is 1. The number of carbonyl (C=O) groups is 1. The first-order chi connectivity index (χ1) is 12.8. The first kappa shape index (κ1) is 19.7. The van der Waals surface area contributed by atoms with Gasteiger partial charge < -0.3 is 5.32 Å². The van der Waals surface area contributed by atoms with Crippen LogP contribution in [-0.4, -0.2) is 6.03 Å². The van der Waals surface area contributed by atoms with E-state index in [1.54, 1.807) is 24.3 Å². The SMILES string of the molecule is CCC(C)(C)C1CCc2c(sc(NC(=O)Nc3cccc(Cl)c3)c2C#N)C1. The average molecular weight is 402 g/mol. The molecule has 1 aromatic heterocycles. The van der Waals surface area contributed by atoms with Crippen LogP contribution in [0.5, 0.6) is 0 Å². The summed E-state index contributed by atoms with van der Waals surface area (Å²) in [4.78, 5) is 13.6. The van der Waals surface area contributed by atoms with E-state index >= 15 is 0 Å². The predicted octanol–water partition coefficient (Wildman–Crippen LogP) is 6.46. The number of nitrogens with zero attached hydrogens (tertiary/aromatic N) is 1. The zero-order valence-corrected chi connectivity index (χ0v) is 17.4. The van der Waals surface area contributed by atoms with Crippen LogP contribution in [0, 0.1) is 22.7 Å². The molecule has 2 N–H and O–H groups in total. The fourth-order valence-electron chi connectivity index (χ4n) is 3.58. The van der Waals surface area contributed by atoms with Gasteiger partial charge in [-0.3, -0.25) is 5.32 Å². The van der Waals surface area contributed by atoms with E-state index < -0.39 is 0 Å². The summed E-state index contributed by atoms with van der Waals surface area (Å²) in [5.74, 6) is 0.605. The lowest BCUT2D eigenvalue weighted by molar-refractivity contribution is 0.184. The van der Waals surface area contributed by atoms with Crippen LogP contribution in [0.2, 0.25) is 5.02 Å². The van der Waals surface area contributed by atoms with Gasteiger partial charge >= 0.3 is 6.03 Å². The predicted molar refractivity (Wildman–Crippen MR) is 113 cm³/mol. The van der Waals surface area contributed by atoms with Crippen LogP contribution in [0.3, 0.4) is 0 Å². The summed E-state index contributed by atoms with van der Waals surface area (Å²) in [6, 6.07) is 8.91. The van der Waals surface area contributed by atoms with E-state index in [1.165, 1.54) is 16.2 Å². The van der Waals surface area contributed by atoms with Crippen molar-refractivity contribution in [3.8, 4) is 6.07 Å². The summed E-state index contributed by atoms with van der Waals surface area (Å²) in [5.41, 5.74) is 2.63. The smallest absolute Gasteiger partial charge is 0.308 e. The van der Waals surface area contributed by atoms with Crippen molar-refractivity contribution in [1.29, 1.82) is 5.26 Å². The minimum absolute atomic E-state index is 0.284. The number of thiophene rings is 1. The van der Waals surface area contributed by atoms with Crippen molar-refractivity contribution < 1.29 is 4.79 Å². The fourth-order valence-corrected chi connectivity index (χ4v) is 5.04. The van der Waals surface area contributed by atoms with Crippen LogP contribution >= 0.6 is 22.9 Å². The second-order valence-electron chi connectivity index (χ2n) is 7.69. The molecule has 1 unspecified atom stereocenters. The van der Waals surface area contributed by atoms with Gasteiger partial charge in [0.1, 0.15) is 11.1 Å². The Kier molecular flexibility index (Phi) is 5.78. The van der Waals surface area contributed by atoms with E-state index in [-0.39, 0.29) is 11.4 Å². The molecule has 1 heterocycles. The van der Waals surface area contributed by atoms with Gasteiger partial charge in [0.2, 0.25) is 0 Å². The molecule has 1 aromatic carbocycles. The van der Waals surface area contributed by atoms with Gasteiger partial charge in [-0.1, -0.05) is 44.9 Å². The van der Waals surface area contributed by atoms with E-state index in [0.717, 1.165) is 31.2 Å². The molecule has 1 atom stereocenters. The molecule has 142 valence electrons. The fraction of sp³-hybridized carbons (Fsp3) is 0.429. The lowest BCUT2D eigenvalue weighted by Crippen LogP contribution is -2.28. The molecule has 6 heteroatoms. The molecule has 3 rings (SSSR count). The van der Waals surface area contributed by atoms with Crippen LogP contribution in [0.4, 0.5) is 15.5 Å². The molecule has 2 aromatic rings. The first-order valence-electron chi connectivity index (χ1n) is 9.22. The van der Waals surface area contributed by atoms with Crippen molar-refractivity contribution in [1.82, 2.24) is 0 Å². The third-order valence-electron chi connectivity index (χ3n) is 5.70. The van der Waals surface area contributed by atoms with Crippen LogP contribution in [0.15, 0.2) is 24.3 Å². The maximum absolute atomic E-state index is 12.4. The number of anilines is 2. The maximum Gasteiger partial charge on any atom is 0.324 e. The summed E-state index contributed by atoms with van der Waals surface area (Å²) in [6.07, 6.45) is 4.11. The highest BCUT2D eigenvalue weighted by Crippen LogP contribution is 2.45. The molecule has 4 nitrogen and oxygen atoms in total. The normalized spacial score (nSPS) is 16.3. The second kappa shape index (κ2) is 7.92. The third-order valence-corrected chi connectivity index (χ3v) is 7.11. The number of halogens is 1. The molecular formula is C21H24ClN3OS. The van der Waals surface area contributed by atoms with Crippen molar-refractivity contribution in [3.05, 3.63) is 45.3 Å². The molecule has 0 spiro atoms. The Morgan fingerprint density at radius 3 is 2.85 bits per heavy atom. The molecule has 0 radical (unpaired) electrons. The number of nitriles is 1. The van der Waals surface area contributed by atoms with Gasteiger partial charge in [0.15, 0.2) is 0 Å². The highest BCUT2D eigenvalue weighted by atomic mass is 35.5. The number of amides is 2. The van der Waals surface area contributed by atoms with E-state index in [2.05, 4.69) is 37.5 Å². The molecule has 1 aliphatic rings. The molecule has 2 amide bonds. The Hall–Kier alpha value is -2.03. The standard InChI is InChI=1S/C21H24ClN3OS/c1-4-21(2,3)13-8-9-16-17(12-23)19(27-18(16)10-13)25-20(26)24-15-7-5-6-14(22)11-15/h5-7,11,13H,4,8-10H2,1-3H3,(H2,24,25,26). The van der Waals surface area contributed by atoms with Crippen molar-refractivity contribution >= 4 is 39.7 Å². The van der Waals surface area contributed by atoms with Gasteiger partial charge in [0.25, 0.3) is 0 Å². The summed E-state index contributed by atoms with van der Waals surface area (Å²) in [5, 5.41) is 16.5. The van der Waals surface area contributed by atoms with Gasteiger partial charge in [-0.25, -0.2) is 4.79 Å². The third kappa shape index (κ3) is 4.28. The first-order valence-corrected chi connectivity index (χ1v) is 10.4. The number of hydrogen-bond acceptors (Lipinski definition) is 3. The molecular weight excluding hydrogens is 378 g/mol. The van der Waals surface area contributed by atoms with Crippen molar-refractivity contribution in [3.63, 3.8) is 0 Å². The molecule has 0 saturated carbocycles. The van der Waals surface area contributed by atoms with E-state index in [4.69, 9.17) is 11.6 Å². The van der Waals surface area contributed by atoms with Gasteiger partial charge in [-0.05, 0) is 54.4 Å². The lowest BCUT2D eigenvalue weighted by Gasteiger charge is -2.36. The zero-order valence-electron chi connectivity index (χ0n) is 15.9. The number of fused-ring (bicyclic) bond motifs is 1. The molecule has 0 saturated heterocycles. The Morgan fingerprint density at radius 1 is 1.41 bits per heavy atom. The van der Waals surface area contributed by atoms with Crippen LogP contribution in [-0.2, 0) is 12.8 Å². The Balaban J connectivity index is 1.78. The molecule has 27 heavy (non-hydrogen) atoms. The topological polar surface area (TPSA) is 64.9 Å². The molecule has 0 aliphatic heterocycles. The highest BCUT2D eigenvalue weighted by Gasteiger charge is 2.34.